The molecule has 0 saturated carbocycles. The number of nitrogens with one attached hydrogen (secondary N) is 1. The normalized spacial score (nSPS) is 15.6. The maximum absolute atomic E-state index is 3.48. The van der Waals surface area contributed by atoms with Crippen molar-refractivity contribution >= 4 is 0 Å². The molecule has 0 heterocycles. The molecule has 60 valence electrons. The van der Waals surface area contributed by atoms with Gasteiger partial charge >= 0.3 is 0 Å². The third kappa shape index (κ3) is 6.79. The molecule has 0 spiro atoms. The third-order valence-electron chi connectivity index (χ3n) is 1.79. The molecule has 0 amide bonds. The SMILES string of the molecule is CCC(C)NC(C)CC.[Ti]. The zero-order valence-electron chi connectivity index (χ0n) is 7.57. The van der Waals surface area contributed by atoms with E-state index < -0.39 is 0 Å². The first kappa shape index (κ1) is 13.3. The van der Waals surface area contributed by atoms with Crippen molar-refractivity contribution < 1.29 is 21.7 Å². The van der Waals surface area contributed by atoms with Crippen molar-refractivity contribution in [3.8, 4) is 0 Å². The molecule has 2 heteroatoms. The van der Waals surface area contributed by atoms with E-state index in [4.69, 9.17) is 0 Å². The molecule has 0 aromatic heterocycles. The average Bonchev–Trinajstić information content (AvgIpc) is 1.87. The van der Waals surface area contributed by atoms with E-state index in [2.05, 4.69) is 33.0 Å². The number of rotatable bonds is 4. The first-order valence-corrected chi connectivity index (χ1v) is 3.96. The van der Waals surface area contributed by atoms with Gasteiger partial charge in [0.15, 0.2) is 0 Å². The molecular weight excluding hydrogens is 158 g/mol. The van der Waals surface area contributed by atoms with Gasteiger partial charge in [0, 0.05) is 33.8 Å². The second-order valence-electron chi connectivity index (χ2n) is 2.79. The Morgan fingerprint density at radius 2 is 1.30 bits per heavy atom. The van der Waals surface area contributed by atoms with Crippen LogP contribution in [-0.4, -0.2) is 12.1 Å². The minimum Gasteiger partial charge on any atom is -0.312 e. The van der Waals surface area contributed by atoms with Crippen LogP contribution in [0.1, 0.15) is 40.5 Å². The summed E-state index contributed by atoms with van der Waals surface area (Å²) in [6.07, 6.45) is 2.45. The third-order valence-corrected chi connectivity index (χ3v) is 1.79. The molecule has 0 aromatic carbocycles. The molecule has 2 unspecified atom stereocenters. The Kier molecular flexibility index (Phi) is 10.3. The summed E-state index contributed by atoms with van der Waals surface area (Å²) in [6, 6.07) is 1.36. The van der Waals surface area contributed by atoms with Gasteiger partial charge in [-0.1, -0.05) is 13.8 Å². The molecule has 1 N–H and O–H groups in total. The summed E-state index contributed by atoms with van der Waals surface area (Å²) in [5.74, 6) is 0. The van der Waals surface area contributed by atoms with Gasteiger partial charge in [0.05, 0.1) is 0 Å². The molecule has 0 rings (SSSR count). The van der Waals surface area contributed by atoms with Crippen molar-refractivity contribution in [1.29, 1.82) is 0 Å². The standard InChI is InChI=1S/C8H19N.Ti/c1-5-7(3)9-8(4)6-2;/h7-9H,5-6H2,1-4H3;. The Hall–Kier alpha value is 0.674. The van der Waals surface area contributed by atoms with Crippen LogP contribution in [0.5, 0.6) is 0 Å². The summed E-state index contributed by atoms with van der Waals surface area (Å²) >= 11 is 0. The van der Waals surface area contributed by atoms with Crippen molar-refractivity contribution in [1.82, 2.24) is 5.32 Å². The molecular formula is C8H19NTi. The summed E-state index contributed by atoms with van der Waals surface area (Å²) in [7, 11) is 0. The summed E-state index contributed by atoms with van der Waals surface area (Å²) < 4.78 is 0. The van der Waals surface area contributed by atoms with E-state index in [0.29, 0.717) is 12.1 Å². The summed E-state index contributed by atoms with van der Waals surface area (Å²) in [6.45, 7) is 8.87. The van der Waals surface area contributed by atoms with Gasteiger partial charge in [-0.15, -0.1) is 0 Å². The van der Waals surface area contributed by atoms with Crippen LogP contribution in [0.4, 0.5) is 0 Å². The molecule has 0 aliphatic heterocycles. The van der Waals surface area contributed by atoms with Crippen LogP contribution in [0.15, 0.2) is 0 Å². The van der Waals surface area contributed by atoms with Crippen LogP contribution < -0.4 is 5.32 Å². The molecule has 0 bridgehead atoms. The van der Waals surface area contributed by atoms with E-state index in [1.807, 2.05) is 0 Å². The van der Waals surface area contributed by atoms with E-state index in [9.17, 15) is 0 Å². The second-order valence-corrected chi connectivity index (χ2v) is 2.79. The Morgan fingerprint density at radius 3 is 1.50 bits per heavy atom. The fraction of sp³-hybridized carbons (Fsp3) is 1.00. The van der Waals surface area contributed by atoms with Crippen molar-refractivity contribution in [3.63, 3.8) is 0 Å². The topological polar surface area (TPSA) is 12.0 Å². The molecule has 0 aliphatic rings. The van der Waals surface area contributed by atoms with Crippen LogP contribution >= 0.6 is 0 Å². The van der Waals surface area contributed by atoms with Gasteiger partial charge in [0.1, 0.15) is 0 Å². The number of hydrogen-bond acceptors (Lipinski definition) is 1. The zero-order chi connectivity index (χ0) is 7.28. The maximum atomic E-state index is 3.48. The van der Waals surface area contributed by atoms with Crippen LogP contribution in [0.25, 0.3) is 0 Å². The fourth-order valence-electron chi connectivity index (χ4n) is 0.721. The quantitative estimate of drug-likeness (QED) is 0.649. The largest absolute Gasteiger partial charge is 0.312 e. The Balaban J connectivity index is 0. The summed E-state index contributed by atoms with van der Waals surface area (Å²) in [5, 5.41) is 3.48. The molecule has 0 aliphatic carbocycles. The van der Waals surface area contributed by atoms with Gasteiger partial charge in [0.2, 0.25) is 0 Å². The van der Waals surface area contributed by atoms with E-state index in [0.717, 1.165) is 0 Å². The van der Waals surface area contributed by atoms with E-state index in [-0.39, 0.29) is 21.7 Å². The minimum atomic E-state index is 0. The maximum Gasteiger partial charge on any atom is 0.00385 e. The monoisotopic (exact) mass is 177 g/mol. The van der Waals surface area contributed by atoms with Crippen LogP contribution in [0.3, 0.4) is 0 Å². The summed E-state index contributed by atoms with van der Waals surface area (Å²) in [4.78, 5) is 0. The Labute approximate surface area is 79.8 Å². The zero-order valence-corrected chi connectivity index (χ0v) is 9.13. The van der Waals surface area contributed by atoms with Gasteiger partial charge in [-0.25, -0.2) is 0 Å². The van der Waals surface area contributed by atoms with Gasteiger partial charge < -0.3 is 5.32 Å². The Morgan fingerprint density at radius 1 is 1.00 bits per heavy atom. The van der Waals surface area contributed by atoms with Crippen molar-refractivity contribution in [2.45, 2.75) is 52.6 Å². The van der Waals surface area contributed by atoms with Gasteiger partial charge in [-0.05, 0) is 26.7 Å². The molecule has 10 heavy (non-hydrogen) atoms. The second kappa shape index (κ2) is 7.78. The van der Waals surface area contributed by atoms with Crippen LogP contribution in [0, 0.1) is 0 Å². The minimum absolute atomic E-state index is 0. The predicted molar refractivity (Wildman–Crippen MR) is 42.6 cm³/mol. The molecule has 0 radical (unpaired) electrons. The first-order chi connectivity index (χ1) is 4.20. The van der Waals surface area contributed by atoms with Gasteiger partial charge in [-0.3, -0.25) is 0 Å². The van der Waals surface area contributed by atoms with Crippen molar-refractivity contribution in [3.05, 3.63) is 0 Å². The molecule has 0 aromatic rings. The molecule has 0 fully saturated rings. The smallest absolute Gasteiger partial charge is 0.00385 e. The summed E-state index contributed by atoms with van der Waals surface area (Å²) in [5.41, 5.74) is 0. The Bertz CT molecular complexity index is 58.3. The van der Waals surface area contributed by atoms with Crippen molar-refractivity contribution in [2.75, 3.05) is 0 Å². The number of hydrogen-bond donors (Lipinski definition) is 1. The van der Waals surface area contributed by atoms with E-state index in [1.165, 1.54) is 12.8 Å². The van der Waals surface area contributed by atoms with E-state index in [1.54, 1.807) is 0 Å². The fourth-order valence-corrected chi connectivity index (χ4v) is 0.721. The van der Waals surface area contributed by atoms with Gasteiger partial charge in [0.25, 0.3) is 0 Å². The first-order valence-electron chi connectivity index (χ1n) is 3.96. The van der Waals surface area contributed by atoms with E-state index >= 15 is 0 Å². The molecule has 1 nitrogen and oxygen atoms in total. The van der Waals surface area contributed by atoms with Gasteiger partial charge in [-0.2, -0.15) is 0 Å². The molecule has 0 saturated heterocycles. The van der Waals surface area contributed by atoms with Crippen molar-refractivity contribution in [2.24, 2.45) is 0 Å². The molecule has 2 atom stereocenters. The average molecular weight is 177 g/mol. The predicted octanol–water partition coefficient (Wildman–Crippen LogP) is 2.17. The van der Waals surface area contributed by atoms with Crippen LogP contribution in [0.2, 0.25) is 0 Å². The van der Waals surface area contributed by atoms with Crippen LogP contribution in [-0.2, 0) is 21.7 Å².